The zero-order valence-corrected chi connectivity index (χ0v) is 27.0. The molecule has 0 atom stereocenters. The van der Waals surface area contributed by atoms with E-state index in [4.69, 9.17) is 14.5 Å². The molecule has 0 N–H and O–H groups in total. The number of benzene rings is 5. The van der Waals surface area contributed by atoms with Crippen LogP contribution < -0.4 is 25.9 Å². The van der Waals surface area contributed by atoms with E-state index in [0.29, 0.717) is 0 Å². The summed E-state index contributed by atoms with van der Waals surface area (Å²) in [5, 5.41) is 0. The second kappa shape index (κ2) is 13.0. The first kappa shape index (κ1) is 29.4. The van der Waals surface area contributed by atoms with E-state index in [1.807, 2.05) is 109 Å². The molecule has 0 unspecified atom stereocenters. The summed E-state index contributed by atoms with van der Waals surface area (Å²) in [6.45, 7) is 0.0434. The van der Waals surface area contributed by atoms with Gasteiger partial charge in [0.1, 0.15) is 17.2 Å². The zero-order valence-electron chi connectivity index (χ0n) is 24.6. The van der Waals surface area contributed by atoms with Crippen LogP contribution in [0.25, 0.3) is 33.6 Å². The van der Waals surface area contributed by atoms with Crippen LogP contribution in [-0.2, 0) is 20.1 Å². The van der Waals surface area contributed by atoms with Gasteiger partial charge in [0.2, 0.25) is 6.71 Å². The van der Waals surface area contributed by atoms with E-state index in [-0.39, 0.29) is 26.8 Å². The van der Waals surface area contributed by atoms with Crippen LogP contribution in [0.1, 0.15) is 0 Å². The topological polar surface area (TPSA) is 44.2 Å². The molecule has 2 aliphatic heterocycles. The van der Waals surface area contributed by atoms with Crippen molar-refractivity contribution in [3.63, 3.8) is 0 Å². The van der Waals surface area contributed by atoms with Crippen molar-refractivity contribution >= 4 is 23.1 Å². The quantitative estimate of drug-likeness (QED) is 0.138. The third kappa shape index (κ3) is 5.54. The second-order valence-corrected chi connectivity index (χ2v) is 10.8. The van der Waals surface area contributed by atoms with Gasteiger partial charge in [0.05, 0.1) is 0 Å². The molecule has 46 heavy (non-hydrogen) atoms. The Kier molecular flexibility index (Phi) is 8.30. The summed E-state index contributed by atoms with van der Waals surface area (Å²) in [6.07, 6.45) is 3.70. The van der Waals surface area contributed by atoms with Gasteiger partial charge in [-0.1, -0.05) is 84.4 Å². The zero-order chi connectivity index (χ0) is 30.0. The molecular formula is C40H25BIrN2O2-2. The van der Waals surface area contributed by atoms with Gasteiger partial charge >= 0.3 is 0 Å². The molecule has 7 aromatic rings. The third-order valence-corrected chi connectivity index (χ3v) is 8.04. The van der Waals surface area contributed by atoms with Crippen LogP contribution in [0.5, 0.6) is 23.0 Å². The summed E-state index contributed by atoms with van der Waals surface area (Å²) in [6, 6.07) is 52.9. The summed E-state index contributed by atoms with van der Waals surface area (Å²) in [7, 11) is 0. The van der Waals surface area contributed by atoms with Gasteiger partial charge in [-0.15, -0.1) is 59.6 Å². The van der Waals surface area contributed by atoms with Crippen LogP contribution in [0.3, 0.4) is 0 Å². The molecule has 1 radical (unpaired) electrons. The van der Waals surface area contributed by atoms with Crippen molar-refractivity contribution in [1.82, 2.24) is 9.97 Å². The van der Waals surface area contributed by atoms with Crippen LogP contribution in [0, 0.1) is 12.1 Å². The maximum absolute atomic E-state index is 6.49. The number of hydrogen-bond acceptors (Lipinski definition) is 4. The summed E-state index contributed by atoms with van der Waals surface area (Å²) in [5.74, 6) is 3.37. The summed E-state index contributed by atoms with van der Waals surface area (Å²) < 4.78 is 12.7. The smallest absolute Gasteiger partial charge is 0.241 e. The Morgan fingerprint density at radius 2 is 1.30 bits per heavy atom. The fraction of sp³-hybridized carbons (Fsp3) is 0. The number of para-hydroxylation sites is 1. The molecule has 4 nitrogen and oxygen atoms in total. The molecule has 0 saturated heterocycles. The van der Waals surface area contributed by atoms with E-state index in [9.17, 15) is 0 Å². The van der Waals surface area contributed by atoms with Crippen molar-refractivity contribution in [3.05, 3.63) is 164 Å². The molecule has 0 saturated carbocycles. The molecular weight excluding hydrogens is 743 g/mol. The van der Waals surface area contributed by atoms with Gasteiger partial charge in [-0.3, -0.25) is 0 Å². The van der Waals surface area contributed by atoms with Gasteiger partial charge in [-0.25, -0.2) is 0 Å². The maximum Gasteiger partial charge on any atom is 0.241 e. The molecule has 6 heteroatoms. The van der Waals surface area contributed by atoms with E-state index in [2.05, 4.69) is 53.5 Å². The predicted molar refractivity (Wildman–Crippen MR) is 180 cm³/mol. The van der Waals surface area contributed by atoms with E-state index in [1.54, 1.807) is 6.20 Å². The van der Waals surface area contributed by atoms with Crippen LogP contribution in [0.4, 0.5) is 0 Å². The average Bonchev–Trinajstić information content (AvgIpc) is 3.13. The van der Waals surface area contributed by atoms with Crippen LogP contribution in [0.2, 0.25) is 0 Å². The standard InChI is InChI=1S/C29H17BNO2.C11H8N.Ir/c1-2-8-19(9-3-1)20-16-17-24(31-18-20)21-10-6-12-23-29(21)33-27-15-7-14-26-28(27)30(23)22-11-4-5-13-25(22)32-26;1-2-6-10(7-3-1)11-8-4-5-9-12-11;/h1-9,11-18H;1-6,8-9H;/q2*-1;. The van der Waals surface area contributed by atoms with Crippen molar-refractivity contribution < 1.29 is 29.6 Å². The van der Waals surface area contributed by atoms with Gasteiger partial charge in [0.15, 0.2) is 0 Å². The Morgan fingerprint density at radius 1 is 0.522 bits per heavy atom. The predicted octanol–water partition coefficient (Wildman–Crippen LogP) is 7.49. The number of pyridine rings is 2. The van der Waals surface area contributed by atoms with Crippen molar-refractivity contribution in [2.75, 3.05) is 0 Å². The third-order valence-electron chi connectivity index (χ3n) is 8.04. The van der Waals surface area contributed by atoms with Gasteiger partial charge in [0, 0.05) is 43.7 Å². The molecule has 0 amide bonds. The van der Waals surface area contributed by atoms with Gasteiger partial charge in [0.25, 0.3) is 0 Å². The van der Waals surface area contributed by atoms with E-state index in [1.165, 1.54) is 0 Å². The van der Waals surface area contributed by atoms with E-state index < -0.39 is 0 Å². The Labute approximate surface area is 282 Å². The molecule has 0 aliphatic carbocycles. The maximum atomic E-state index is 6.49. The van der Waals surface area contributed by atoms with Gasteiger partial charge in [-0.2, -0.15) is 0 Å². The Bertz CT molecular complexity index is 2070. The number of aromatic nitrogens is 2. The fourth-order valence-electron chi connectivity index (χ4n) is 5.95. The Hall–Kier alpha value is -5.29. The molecule has 2 aliphatic rings. The monoisotopic (exact) mass is 769 g/mol. The summed E-state index contributed by atoms with van der Waals surface area (Å²) >= 11 is 0. The number of rotatable bonds is 3. The van der Waals surface area contributed by atoms with Crippen molar-refractivity contribution in [2.24, 2.45) is 0 Å². The molecule has 4 heterocycles. The average molecular weight is 769 g/mol. The molecule has 221 valence electrons. The Balaban J connectivity index is 0.000000220. The summed E-state index contributed by atoms with van der Waals surface area (Å²) in [5.41, 5.74) is 9.27. The number of hydrogen-bond donors (Lipinski definition) is 0. The van der Waals surface area contributed by atoms with Crippen LogP contribution in [0.15, 0.2) is 152 Å². The van der Waals surface area contributed by atoms with Gasteiger partial charge in [-0.05, 0) is 52.2 Å². The number of fused-ring (bicyclic) bond motifs is 4. The molecule has 0 bridgehead atoms. The van der Waals surface area contributed by atoms with Crippen molar-refractivity contribution in [3.8, 4) is 56.6 Å². The second-order valence-electron chi connectivity index (χ2n) is 10.8. The first-order chi connectivity index (χ1) is 22.3. The minimum absolute atomic E-state index is 0. The number of ether oxygens (including phenoxy) is 2. The Morgan fingerprint density at radius 3 is 2.09 bits per heavy atom. The largest absolute Gasteiger partial charge is 0.503 e. The SMILES string of the molecule is [Ir].[c-]1ccc2c(c1-c1ccc(-c3ccccc3)cn1)Oc1cccc3c1B2c1ccccc1O3.[c-]1ccccc1-c1ccccn1. The number of nitrogens with zero attached hydrogens (tertiary/aromatic N) is 2. The van der Waals surface area contributed by atoms with Gasteiger partial charge < -0.3 is 19.4 Å². The first-order valence-corrected chi connectivity index (χ1v) is 14.9. The summed E-state index contributed by atoms with van der Waals surface area (Å²) in [4.78, 5) is 9.00. The van der Waals surface area contributed by atoms with Crippen molar-refractivity contribution in [1.29, 1.82) is 0 Å². The van der Waals surface area contributed by atoms with E-state index in [0.717, 1.165) is 73.0 Å². The molecule has 5 aromatic carbocycles. The minimum Gasteiger partial charge on any atom is -0.503 e. The molecule has 0 fully saturated rings. The molecule has 2 aromatic heterocycles. The van der Waals surface area contributed by atoms with Crippen LogP contribution in [-0.4, -0.2) is 16.7 Å². The first-order valence-electron chi connectivity index (χ1n) is 14.9. The molecule has 9 rings (SSSR count). The molecule has 0 spiro atoms. The fourth-order valence-corrected chi connectivity index (χ4v) is 5.95. The van der Waals surface area contributed by atoms with Crippen molar-refractivity contribution in [2.45, 2.75) is 0 Å². The van der Waals surface area contributed by atoms with Crippen LogP contribution >= 0.6 is 0 Å². The minimum atomic E-state index is 0. The normalized spacial score (nSPS) is 11.6. The van der Waals surface area contributed by atoms with E-state index >= 15 is 0 Å².